The van der Waals surface area contributed by atoms with Crippen LogP contribution in [0, 0.1) is 5.92 Å². The van der Waals surface area contributed by atoms with E-state index in [0.717, 1.165) is 29.3 Å². The molecular formula is C19H21BrO4. The number of hydrogen-bond donors (Lipinski definition) is 0. The first kappa shape index (κ1) is 17.2. The van der Waals surface area contributed by atoms with Gasteiger partial charge in [0, 0.05) is 6.42 Å². The fraction of sp³-hybridized carbons (Fsp3) is 0.421. The van der Waals surface area contributed by atoms with E-state index >= 15 is 0 Å². The third-order valence-corrected chi connectivity index (χ3v) is 4.95. The Bertz CT molecular complexity index is 667. The number of carbonyl (C=O) groups is 1. The lowest BCUT2D eigenvalue weighted by Crippen LogP contribution is -2.42. The summed E-state index contributed by atoms with van der Waals surface area (Å²) in [6, 6.07) is 7.44. The van der Waals surface area contributed by atoms with E-state index in [2.05, 4.69) is 22.5 Å². The van der Waals surface area contributed by atoms with Gasteiger partial charge in [0.15, 0.2) is 0 Å². The van der Waals surface area contributed by atoms with Crippen molar-refractivity contribution >= 4 is 21.7 Å². The van der Waals surface area contributed by atoms with E-state index < -0.39 is 0 Å². The van der Waals surface area contributed by atoms with E-state index in [0.29, 0.717) is 12.4 Å². The molecule has 4 nitrogen and oxygen atoms in total. The zero-order chi connectivity index (χ0) is 17.1. The molecular weight excluding hydrogens is 372 g/mol. The van der Waals surface area contributed by atoms with Gasteiger partial charge in [0.2, 0.25) is 11.5 Å². The van der Waals surface area contributed by atoms with Crippen LogP contribution in [0.15, 0.2) is 52.9 Å². The number of Topliss-reactive ketones (excluding diaryl/α,β-unsaturated/α-hetero) is 1. The normalized spacial score (nSPS) is 26.2. The molecule has 3 atom stereocenters. The predicted octanol–water partition coefficient (Wildman–Crippen LogP) is 4.40. The number of fused-ring (bicyclic) bond motifs is 1. The van der Waals surface area contributed by atoms with Crippen LogP contribution in [-0.2, 0) is 14.3 Å². The average Bonchev–Trinajstić information content (AvgIpc) is 2.57. The lowest BCUT2D eigenvalue weighted by Gasteiger charge is -2.37. The summed E-state index contributed by atoms with van der Waals surface area (Å²) in [6.07, 6.45) is 3.77. The Morgan fingerprint density at radius 3 is 2.92 bits per heavy atom. The third-order valence-electron chi connectivity index (χ3n) is 4.30. The van der Waals surface area contributed by atoms with Gasteiger partial charge in [0.1, 0.15) is 18.1 Å². The Hall–Kier alpha value is -1.59. The summed E-state index contributed by atoms with van der Waals surface area (Å²) in [5, 5.41) is 0. The number of allylic oxidation sites excluding steroid dienone is 1. The van der Waals surface area contributed by atoms with E-state index in [9.17, 15) is 4.79 Å². The first-order valence-electron chi connectivity index (χ1n) is 8.13. The lowest BCUT2D eigenvalue weighted by atomic mass is 9.80. The molecule has 1 aromatic carbocycles. The highest BCUT2D eigenvalue weighted by atomic mass is 79.9. The fourth-order valence-corrected chi connectivity index (χ4v) is 3.43. The van der Waals surface area contributed by atoms with Crippen LogP contribution in [0.25, 0.3) is 0 Å². The number of ketones is 1. The maximum Gasteiger partial charge on any atom is 0.208 e. The molecule has 0 amide bonds. The maximum absolute atomic E-state index is 12.7. The van der Waals surface area contributed by atoms with Crippen molar-refractivity contribution in [3.05, 3.63) is 52.9 Å². The van der Waals surface area contributed by atoms with Crippen molar-refractivity contribution in [2.24, 2.45) is 5.92 Å². The molecule has 0 bridgehead atoms. The van der Waals surface area contributed by atoms with Gasteiger partial charge in [-0.3, -0.25) is 4.79 Å². The highest BCUT2D eigenvalue weighted by Crippen LogP contribution is 2.36. The molecule has 128 valence electrons. The molecule has 0 N–H and O–H groups in total. The molecule has 0 saturated heterocycles. The summed E-state index contributed by atoms with van der Waals surface area (Å²) in [5.74, 6) is 0.736. The van der Waals surface area contributed by atoms with Crippen LogP contribution < -0.4 is 4.74 Å². The molecule has 0 spiro atoms. The van der Waals surface area contributed by atoms with Crippen molar-refractivity contribution in [2.45, 2.75) is 38.4 Å². The highest BCUT2D eigenvalue weighted by Gasteiger charge is 2.41. The van der Waals surface area contributed by atoms with Crippen molar-refractivity contribution in [3.8, 4) is 5.75 Å². The second-order valence-corrected chi connectivity index (χ2v) is 7.22. The molecule has 1 aliphatic heterocycles. The van der Waals surface area contributed by atoms with Gasteiger partial charge >= 0.3 is 0 Å². The van der Waals surface area contributed by atoms with Gasteiger partial charge < -0.3 is 14.2 Å². The molecule has 3 unspecified atom stereocenters. The Morgan fingerprint density at radius 1 is 1.38 bits per heavy atom. The zero-order valence-electron chi connectivity index (χ0n) is 13.7. The van der Waals surface area contributed by atoms with E-state index in [1.54, 1.807) is 0 Å². The van der Waals surface area contributed by atoms with E-state index in [1.165, 1.54) is 6.26 Å². The summed E-state index contributed by atoms with van der Waals surface area (Å²) in [4.78, 5) is 12.7. The Labute approximate surface area is 150 Å². The number of rotatable bonds is 5. The third kappa shape index (κ3) is 3.90. The van der Waals surface area contributed by atoms with Gasteiger partial charge in [0.25, 0.3) is 0 Å². The van der Waals surface area contributed by atoms with Crippen LogP contribution in [0.4, 0.5) is 0 Å². The Balaban J connectivity index is 1.65. The molecule has 1 heterocycles. The van der Waals surface area contributed by atoms with Crippen LogP contribution >= 0.6 is 15.9 Å². The number of para-hydroxylation sites is 1. The van der Waals surface area contributed by atoms with Crippen molar-refractivity contribution in [1.29, 1.82) is 0 Å². The minimum Gasteiger partial charge on any atom is -0.493 e. The monoisotopic (exact) mass is 392 g/mol. The highest BCUT2D eigenvalue weighted by molar-refractivity contribution is 9.10. The first-order chi connectivity index (χ1) is 11.5. The molecule has 1 aromatic rings. The Morgan fingerprint density at radius 2 is 2.17 bits per heavy atom. The average molecular weight is 393 g/mol. The van der Waals surface area contributed by atoms with Gasteiger partial charge in [-0.15, -0.1) is 0 Å². The van der Waals surface area contributed by atoms with Gasteiger partial charge in [0.05, 0.1) is 23.1 Å². The molecule has 24 heavy (non-hydrogen) atoms. The summed E-state index contributed by atoms with van der Waals surface area (Å²) in [6.45, 7) is 6.35. The molecule has 0 radical (unpaired) electrons. The summed E-state index contributed by atoms with van der Waals surface area (Å²) < 4.78 is 18.2. The Kier molecular flexibility index (Phi) is 5.41. The van der Waals surface area contributed by atoms with Crippen molar-refractivity contribution in [3.63, 3.8) is 0 Å². The second-order valence-electron chi connectivity index (χ2n) is 6.36. The van der Waals surface area contributed by atoms with Crippen LogP contribution in [0.2, 0.25) is 0 Å². The molecule has 1 saturated carbocycles. The summed E-state index contributed by atoms with van der Waals surface area (Å²) >= 11 is 3.42. The molecule has 2 aliphatic rings. The fourth-order valence-electron chi connectivity index (χ4n) is 3.06. The molecule has 1 aliphatic carbocycles. The van der Waals surface area contributed by atoms with Gasteiger partial charge in [-0.05, 0) is 47.8 Å². The van der Waals surface area contributed by atoms with Crippen LogP contribution in [0.3, 0.4) is 0 Å². The number of hydrogen-bond acceptors (Lipinski definition) is 4. The van der Waals surface area contributed by atoms with E-state index in [1.807, 2.05) is 31.2 Å². The summed E-state index contributed by atoms with van der Waals surface area (Å²) in [7, 11) is 0. The maximum atomic E-state index is 12.7. The van der Waals surface area contributed by atoms with Crippen molar-refractivity contribution in [2.75, 3.05) is 6.61 Å². The smallest absolute Gasteiger partial charge is 0.208 e. The largest absolute Gasteiger partial charge is 0.493 e. The molecule has 1 fully saturated rings. The number of ether oxygens (including phenoxy) is 3. The molecule has 5 heteroatoms. The SMILES string of the molecule is C=C(C)COC1CCC2C(=O)C(Oc3ccccc3Br)=COC2C1. The topological polar surface area (TPSA) is 44.8 Å². The second kappa shape index (κ2) is 7.53. The van der Waals surface area contributed by atoms with E-state index in [4.69, 9.17) is 14.2 Å². The van der Waals surface area contributed by atoms with Crippen molar-refractivity contribution in [1.82, 2.24) is 0 Å². The molecule has 3 rings (SSSR count). The molecule has 0 aromatic heterocycles. The number of halogens is 1. The van der Waals surface area contributed by atoms with E-state index in [-0.39, 0.29) is 29.7 Å². The minimum absolute atomic E-state index is 0.0142. The van der Waals surface area contributed by atoms with Gasteiger partial charge in [-0.1, -0.05) is 24.3 Å². The minimum atomic E-state index is -0.155. The first-order valence-corrected chi connectivity index (χ1v) is 8.92. The van der Waals surface area contributed by atoms with Crippen LogP contribution in [0.5, 0.6) is 5.75 Å². The lowest BCUT2D eigenvalue weighted by molar-refractivity contribution is -0.133. The number of benzene rings is 1. The summed E-state index contributed by atoms with van der Waals surface area (Å²) in [5.41, 5.74) is 1.00. The van der Waals surface area contributed by atoms with Crippen LogP contribution in [0.1, 0.15) is 26.2 Å². The van der Waals surface area contributed by atoms with Crippen LogP contribution in [-0.4, -0.2) is 24.6 Å². The standard InChI is InChI=1S/C19H21BrO4/c1-12(2)10-22-13-7-8-14-17(9-13)23-11-18(19(14)21)24-16-6-4-3-5-15(16)20/h3-6,11,13-14,17H,1,7-10H2,2H3. The van der Waals surface area contributed by atoms with Gasteiger partial charge in [-0.2, -0.15) is 0 Å². The van der Waals surface area contributed by atoms with Crippen molar-refractivity contribution < 1.29 is 19.0 Å². The quantitative estimate of drug-likeness (QED) is 0.696. The number of carbonyl (C=O) groups excluding carboxylic acids is 1. The zero-order valence-corrected chi connectivity index (χ0v) is 15.3. The predicted molar refractivity (Wildman–Crippen MR) is 94.6 cm³/mol. The van der Waals surface area contributed by atoms with Gasteiger partial charge in [-0.25, -0.2) is 0 Å².